The molecule has 8 nitrogen and oxygen atoms in total. The zero-order valence-corrected chi connectivity index (χ0v) is 18.5. The predicted octanol–water partition coefficient (Wildman–Crippen LogP) is 4.74. The molecule has 3 aromatic carbocycles. The second-order valence-corrected chi connectivity index (χ2v) is 7.89. The van der Waals surface area contributed by atoms with E-state index in [9.17, 15) is 19.7 Å². The molecule has 0 saturated heterocycles. The number of carbonyl (C=O) groups excluding carboxylic acids is 2. The predicted molar refractivity (Wildman–Crippen MR) is 127 cm³/mol. The van der Waals surface area contributed by atoms with E-state index in [4.69, 9.17) is 4.74 Å². The Hall–Kier alpha value is -4.46. The Bertz CT molecular complexity index is 1210. The largest absolute Gasteiger partial charge is 0.413 e. The van der Waals surface area contributed by atoms with Crippen molar-refractivity contribution in [1.82, 2.24) is 10.2 Å². The third-order valence-electron chi connectivity index (χ3n) is 5.57. The maximum absolute atomic E-state index is 13.4. The van der Waals surface area contributed by atoms with Gasteiger partial charge in [0.25, 0.3) is 5.69 Å². The third-order valence-corrected chi connectivity index (χ3v) is 5.57. The van der Waals surface area contributed by atoms with Crippen LogP contribution in [-0.4, -0.2) is 34.4 Å². The van der Waals surface area contributed by atoms with Gasteiger partial charge in [-0.05, 0) is 35.8 Å². The van der Waals surface area contributed by atoms with E-state index in [0.29, 0.717) is 6.54 Å². The summed E-state index contributed by atoms with van der Waals surface area (Å²) >= 11 is 0. The van der Waals surface area contributed by atoms with Crippen LogP contribution in [0.15, 0.2) is 91.0 Å². The number of hydrogen-bond donors (Lipinski definition) is 1. The fraction of sp³-hybridized carbons (Fsp3) is 0.154. The van der Waals surface area contributed by atoms with Crippen LogP contribution >= 0.6 is 0 Å². The molecule has 4 rings (SSSR count). The molecule has 0 radical (unpaired) electrons. The Morgan fingerprint density at radius 1 is 1.00 bits per heavy atom. The van der Waals surface area contributed by atoms with Gasteiger partial charge in [0.15, 0.2) is 0 Å². The molecule has 1 aliphatic rings. The molecule has 1 aliphatic heterocycles. The van der Waals surface area contributed by atoms with Crippen LogP contribution in [0.4, 0.5) is 10.5 Å². The van der Waals surface area contributed by atoms with Crippen LogP contribution < -0.4 is 10.1 Å². The molecule has 2 atom stereocenters. The van der Waals surface area contributed by atoms with Crippen LogP contribution in [0.25, 0.3) is 5.57 Å². The van der Waals surface area contributed by atoms with Gasteiger partial charge in [0, 0.05) is 18.7 Å². The van der Waals surface area contributed by atoms with E-state index < -0.39 is 17.1 Å². The van der Waals surface area contributed by atoms with Crippen LogP contribution in [0, 0.1) is 10.1 Å². The van der Waals surface area contributed by atoms with Crippen molar-refractivity contribution in [3.63, 3.8) is 0 Å². The molecule has 8 heteroatoms. The lowest BCUT2D eigenvalue weighted by molar-refractivity contribution is -0.384. The number of nitro benzene ring substituents is 1. The minimum absolute atomic E-state index is 0.112. The summed E-state index contributed by atoms with van der Waals surface area (Å²) in [6.07, 6.45) is 1.26. The summed E-state index contributed by atoms with van der Waals surface area (Å²) in [6, 6.07) is 23.6. The smallest absolute Gasteiger partial charge is 0.410 e. The number of amides is 2. The topological polar surface area (TPSA) is 102 Å². The number of nitrogens with zero attached hydrogens (tertiary/aromatic N) is 2. The second-order valence-electron chi connectivity index (χ2n) is 7.89. The molecule has 172 valence electrons. The maximum Gasteiger partial charge on any atom is 0.413 e. The first-order valence-electron chi connectivity index (χ1n) is 10.8. The van der Waals surface area contributed by atoms with Crippen molar-refractivity contribution in [3.8, 4) is 5.75 Å². The van der Waals surface area contributed by atoms with E-state index in [0.717, 1.165) is 16.7 Å². The van der Waals surface area contributed by atoms with Gasteiger partial charge < -0.3 is 15.0 Å². The number of benzene rings is 3. The number of nitro groups is 1. The van der Waals surface area contributed by atoms with E-state index in [1.807, 2.05) is 60.7 Å². The zero-order valence-electron chi connectivity index (χ0n) is 18.5. The number of carbonyl (C=O) groups is 2. The summed E-state index contributed by atoms with van der Waals surface area (Å²) in [5, 5.41) is 13.3. The fourth-order valence-electron chi connectivity index (χ4n) is 3.86. The first-order chi connectivity index (χ1) is 16.4. The van der Waals surface area contributed by atoms with Gasteiger partial charge in [-0.2, -0.15) is 0 Å². The van der Waals surface area contributed by atoms with E-state index in [1.165, 1.54) is 24.3 Å². The summed E-state index contributed by atoms with van der Waals surface area (Å²) in [5.74, 6) is -0.115. The number of ether oxygens (including phenoxy) is 1. The maximum atomic E-state index is 13.4. The SMILES string of the molecule is CC(NC(=O)Oc1ccc([N+](=O)[O-])cc1)C(=O)N1CC(c2ccccc2)=CC1c1ccccc1. The van der Waals surface area contributed by atoms with Crippen molar-refractivity contribution >= 4 is 23.3 Å². The van der Waals surface area contributed by atoms with Crippen molar-refractivity contribution in [2.24, 2.45) is 0 Å². The number of non-ortho nitro benzene ring substituents is 1. The van der Waals surface area contributed by atoms with Gasteiger partial charge in [-0.25, -0.2) is 4.79 Å². The highest BCUT2D eigenvalue weighted by Gasteiger charge is 2.33. The molecular formula is C26H23N3O5. The monoisotopic (exact) mass is 457 g/mol. The van der Waals surface area contributed by atoms with Gasteiger partial charge in [-0.1, -0.05) is 66.7 Å². The average molecular weight is 457 g/mol. The van der Waals surface area contributed by atoms with Crippen LogP contribution in [-0.2, 0) is 4.79 Å². The van der Waals surface area contributed by atoms with Gasteiger partial charge in [0.05, 0.1) is 11.0 Å². The number of rotatable bonds is 6. The van der Waals surface area contributed by atoms with Crippen LogP contribution in [0.3, 0.4) is 0 Å². The molecule has 3 aromatic rings. The summed E-state index contributed by atoms with van der Waals surface area (Å²) in [7, 11) is 0. The van der Waals surface area contributed by atoms with Gasteiger partial charge in [0.1, 0.15) is 11.8 Å². The first kappa shape index (κ1) is 22.7. The molecule has 0 fully saturated rings. The van der Waals surface area contributed by atoms with Crippen LogP contribution in [0.5, 0.6) is 5.75 Å². The number of nitrogens with one attached hydrogen (secondary N) is 1. The van der Waals surface area contributed by atoms with Gasteiger partial charge in [-0.3, -0.25) is 14.9 Å². The molecule has 0 saturated carbocycles. The lowest BCUT2D eigenvalue weighted by atomic mass is 10.0. The standard InChI is InChI=1S/C26H23N3O5/c1-18(27-26(31)34-23-14-12-22(13-15-23)29(32)33)25(30)28-17-21(19-8-4-2-5-9-19)16-24(28)20-10-6-3-7-11-20/h2-16,18,24H,17H2,1H3,(H,27,31). The van der Waals surface area contributed by atoms with Crippen molar-refractivity contribution in [1.29, 1.82) is 0 Å². The van der Waals surface area contributed by atoms with Gasteiger partial charge >= 0.3 is 6.09 Å². The molecular weight excluding hydrogens is 434 g/mol. The van der Waals surface area contributed by atoms with E-state index in [1.54, 1.807) is 11.8 Å². The van der Waals surface area contributed by atoms with Crippen molar-refractivity contribution in [2.75, 3.05) is 6.54 Å². The highest BCUT2D eigenvalue weighted by atomic mass is 16.6. The molecule has 1 N–H and O–H groups in total. The minimum atomic E-state index is -0.847. The van der Waals surface area contributed by atoms with Crippen LogP contribution in [0.2, 0.25) is 0 Å². The first-order valence-corrected chi connectivity index (χ1v) is 10.8. The Morgan fingerprint density at radius 3 is 2.24 bits per heavy atom. The van der Waals surface area contributed by atoms with E-state index >= 15 is 0 Å². The summed E-state index contributed by atoms with van der Waals surface area (Å²) in [5.41, 5.74) is 2.93. The lowest BCUT2D eigenvalue weighted by Gasteiger charge is -2.28. The Labute approximate surface area is 196 Å². The summed E-state index contributed by atoms with van der Waals surface area (Å²) < 4.78 is 5.18. The van der Waals surface area contributed by atoms with E-state index in [-0.39, 0.29) is 23.4 Å². The Morgan fingerprint density at radius 2 is 1.62 bits per heavy atom. The Kier molecular flexibility index (Phi) is 6.68. The molecule has 1 heterocycles. The van der Waals surface area contributed by atoms with Crippen LogP contribution in [0.1, 0.15) is 24.1 Å². The van der Waals surface area contributed by atoms with Crippen molar-refractivity contribution in [3.05, 3.63) is 112 Å². The quantitative estimate of drug-likeness (QED) is 0.426. The minimum Gasteiger partial charge on any atom is -0.410 e. The summed E-state index contributed by atoms with van der Waals surface area (Å²) in [4.78, 5) is 37.7. The summed E-state index contributed by atoms with van der Waals surface area (Å²) in [6.45, 7) is 2.01. The third kappa shape index (κ3) is 5.12. The zero-order chi connectivity index (χ0) is 24.1. The molecule has 0 aliphatic carbocycles. The average Bonchev–Trinajstić information content (AvgIpc) is 3.30. The van der Waals surface area contributed by atoms with Gasteiger partial charge in [0.2, 0.25) is 5.91 Å². The van der Waals surface area contributed by atoms with Crippen molar-refractivity contribution < 1.29 is 19.2 Å². The van der Waals surface area contributed by atoms with Gasteiger partial charge in [-0.15, -0.1) is 0 Å². The lowest BCUT2D eigenvalue weighted by Crippen LogP contribution is -2.47. The normalized spacial score (nSPS) is 15.9. The number of hydrogen-bond acceptors (Lipinski definition) is 5. The molecule has 34 heavy (non-hydrogen) atoms. The fourth-order valence-corrected chi connectivity index (χ4v) is 3.86. The molecule has 0 aromatic heterocycles. The molecule has 2 amide bonds. The van der Waals surface area contributed by atoms with Crippen molar-refractivity contribution in [2.45, 2.75) is 19.0 Å². The molecule has 0 bridgehead atoms. The molecule has 0 spiro atoms. The highest BCUT2D eigenvalue weighted by molar-refractivity contribution is 5.89. The second kappa shape index (κ2) is 9.99. The Balaban J connectivity index is 1.46. The molecule has 2 unspecified atom stereocenters. The highest BCUT2D eigenvalue weighted by Crippen LogP contribution is 2.35. The van der Waals surface area contributed by atoms with E-state index in [2.05, 4.69) is 11.4 Å².